The molecule has 2 aliphatic heterocycles. The molecule has 0 aliphatic carbocycles. The number of rotatable bonds is 3. The highest BCUT2D eigenvalue weighted by molar-refractivity contribution is 5.99. The average molecular weight is 324 g/mol. The van der Waals surface area contributed by atoms with Crippen LogP contribution in [-0.4, -0.2) is 43.7 Å². The summed E-state index contributed by atoms with van der Waals surface area (Å²) in [5, 5.41) is 3.36. The lowest BCUT2D eigenvalue weighted by Crippen LogP contribution is -2.44. The molecular weight excluding hydrogens is 304 g/mol. The quantitative estimate of drug-likeness (QED) is 0.925. The van der Waals surface area contributed by atoms with E-state index in [4.69, 9.17) is 4.74 Å². The number of carbonyl (C=O) groups is 1. The number of piperazine rings is 1. The predicted molar refractivity (Wildman–Crippen MR) is 92.4 cm³/mol. The molecule has 0 unspecified atom stereocenters. The van der Waals surface area contributed by atoms with E-state index in [0.29, 0.717) is 6.54 Å². The molecule has 1 aromatic carbocycles. The first-order chi connectivity index (χ1) is 11.8. The van der Waals surface area contributed by atoms with Crippen LogP contribution in [0.5, 0.6) is 5.75 Å². The number of ether oxygens (including phenoxy) is 1. The Morgan fingerprint density at radius 3 is 2.62 bits per heavy atom. The zero-order valence-electron chi connectivity index (χ0n) is 13.4. The van der Waals surface area contributed by atoms with Gasteiger partial charge in [-0.25, -0.2) is 0 Å². The summed E-state index contributed by atoms with van der Waals surface area (Å²) in [7, 11) is 0. The third-order valence-electron chi connectivity index (χ3n) is 4.45. The summed E-state index contributed by atoms with van der Waals surface area (Å²) >= 11 is 0. The van der Waals surface area contributed by atoms with Gasteiger partial charge in [0.15, 0.2) is 12.4 Å². The summed E-state index contributed by atoms with van der Waals surface area (Å²) in [5.74, 6) is 0.796. The van der Waals surface area contributed by atoms with Crippen LogP contribution < -0.4 is 19.9 Å². The van der Waals surface area contributed by atoms with Gasteiger partial charge in [-0.15, -0.1) is 0 Å². The van der Waals surface area contributed by atoms with Crippen LogP contribution in [0, 0.1) is 0 Å². The molecule has 2 aliphatic rings. The Labute approximate surface area is 141 Å². The minimum Gasteiger partial charge on any atom is -0.479 e. The molecule has 124 valence electrons. The number of hydrogen-bond acceptors (Lipinski definition) is 5. The van der Waals surface area contributed by atoms with Crippen molar-refractivity contribution in [2.75, 3.05) is 42.6 Å². The SMILES string of the molecule is O=C1COc2c(N3CCNCC3)cccc2N1Cc1ccncc1. The van der Waals surface area contributed by atoms with E-state index >= 15 is 0 Å². The van der Waals surface area contributed by atoms with Gasteiger partial charge in [0.1, 0.15) is 0 Å². The Balaban J connectivity index is 1.68. The molecule has 1 N–H and O–H groups in total. The van der Waals surface area contributed by atoms with Crippen molar-refractivity contribution in [3.05, 3.63) is 48.3 Å². The smallest absolute Gasteiger partial charge is 0.265 e. The molecule has 0 saturated carbocycles. The minimum absolute atomic E-state index is 0.0169. The van der Waals surface area contributed by atoms with Crippen LogP contribution in [0.15, 0.2) is 42.7 Å². The molecule has 1 aromatic heterocycles. The van der Waals surface area contributed by atoms with E-state index < -0.39 is 0 Å². The number of amides is 1. The lowest BCUT2D eigenvalue weighted by atomic mass is 10.1. The van der Waals surface area contributed by atoms with Gasteiger partial charge in [-0.05, 0) is 29.8 Å². The predicted octanol–water partition coefficient (Wildman–Crippen LogP) is 1.42. The van der Waals surface area contributed by atoms with Crippen LogP contribution >= 0.6 is 0 Å². The summed E-state index contributed by atoms with van der Waals surface area (Å²) in [6, 6.07) is 9.90. The van der Waals surface area contributed by atoms with Crippen LogP contribution in [0.1, 0.15) is 5.56 Å². The summed E-state index contributed by atoms with van der Waals surface area (Å²) in [6.45, 7) is 4.42. The number of hydrogen-bond donors (Lipinski definition) is 1. The number of fused-ring (bicyclic) bond motifs is 1. The highest BCUT2D eigenvalue weighted by atomic mass is 16.5. The van der Waals surface area contributed by atoms with E-state index in [0.717, 1.165) is 48.9 Å². The monoisotopic (exact) mass is 324 g/mol. The number of anilines is 2. The van der Waals surface area contributed by atoms with Gasteiger partial charge in [0.25, 0.3) is 5.91 Å². The number of carbonyl (C=O) groups excluding carboxylic acids is 1. The maximum atomic E-state index is 12.4. The van der Waals surface area contributed by atoms with Crippen molar-refractivity contribution < 1.29 is 9.53 Å². The number of nitrogens with one attached hydrogen (secondary N) is 1. The van der Waals surface area contributed by atoms with Gasteiger partial charge in [0.05, 0.1) is 17.9 Å². The fourth-order valence-corrected chi connectivity index (χ4v) is 3.22. The maximum absolute atomic E-state index is 12.4. The molecule has 0 radical (unpaired) electrons. The molecule has 1 fully saturated rings. The van der Waals surface area contributed by atoms with Crippen molar-refractivity contribution in [1.82, 2.24) is 10.3 Å². The lowest BCUT2D eigenvalue weighted by molar-refractivity contribution is -0.121. The highest BCUT2D eigenvalue weighted by Gasteiger charge is 2.29. The van der Waals surface area contributed by atoms with Gasteiger partial charge in [0.2, 0.25) is 0 Å². The second kappa shape index (κ2) is 6.49. The van der Waals surface area contributed by atoms with Crippen molar-refractivity contribution in [3.63, 3.8) is 0 Å². The average Bonchev–Trinajstić information content (AvgIpc) is 2.65. The van der Waals surface area contributed by atoms with Crippen molar-refractivity contribution in [3.8, 4) is 5.75 Å². The fourth-order valence-electron chi connectivity index (χ4n) is 3.22. The van der Waals surface area contributed by atoms with Gasteiger partial charge in [0, 0.05) is 38.6 Å². The normalized spacial score (nSPS) is 17.4. The number of aromatic nitrogens is 1. The molecule has 2 aromatic rings. The Kier molecular flexibility index (Phi) is 4.04. The van der Waals surface area contributed by atoms with E-state index in [1.54, 1.807) is 17.3 Å². The topological polar surface area (TPSA) is 57.7 Å². The molecule has 1 amide bonds. The molecule has 6 nitrogen and oxygen atoms in total. The van der Waals surface area contributed by atoms with Gasteiger partial charge in [-0.3, -0.25) is 9.78 Å². The Morgan fingerprint density at radius 2 is 1.83 bits per heavy atom. The first-order valence-electron chi connectivity index (χ1n) is 8.24. The van der Waals surface area contributed by atoms with Gasteiger partial charge >= 0.3 is 0 Å². The number of para-hydroxylation sites is 1. The Bertz CT molecular complexity index is 729. The van der Waals surface area contributed by atoms with Crippen molar-refractivity contribution in [2.24, 2.45) is 0 Å². The number of nitrogens with zero attached hydrogens (tertiary/aromatic N) is 3. The molecule has 0 spiro atoms. The third-order valence-corrected chi connectivity index (χ3v) is 4.45. The van der Waals surface area contributed by atoms with E-state index in [9.17, 15) is 4.79 Å². The van der Waals surface area contributed by atoms with E-state index in [-0.39, 0.29) is 12.5 Å². The summed E-state index contributed by atoms with van der Waals surface area (Å²) < 4.78 is 5.82. The fraction of sp³-hybridized carbons (Fsp3) is 0.333. The van der Waals surface area contributed by atoms with E-state index in [1.807, 2.05) is 24.3 Å². The summed E-state index contributed by atoms with van der Waals surface area (Å²) in [6.07, 6.45) is 3.50. The standard InChI is InChI=1S/C18H20N4O2/c23-17-13-24-18-15(21-10-8-20-9-11-21)2-1-3-16(18)22(17)12-14-4-6-19-7-5-14/h1-7,20H,8-13H2. The van der Waals surface area contributed by atoms with Crippen LogP contribution in [0.4, 0.5) is 11.4 Å². The first-order valence-corrected chi connectivity index (χ1v) is 8.24. The van der Waals surface area contributed by atoms with Crippen LogP contribution in [0.25, 0.3) is 0 Å². The molecule has 3 heterocycles. The molecule has 0 bridgehead atoms. The molecular formula is C18H20N4O2. The summed E-state index contributed by atoms with van der Waals surface area (Å²) in [5.41, 5.74) is 2.97. The van der Waals surface area contributed by atoms with E-state index in [1.165, 1.54) is 0 Å². The molecule has 1 saturated heterocycles. The molecule has 24 heavy (non-hydrogen) atoms. The van der Waals surface area contributed by atoms with Crippen LogP contribution in [0.3, 0.4) is 0 Å². The third kappa shape index (κ3) is 2.80. The van der Waals surface area contributed by atoms with Crippen molar-refractivity contribution in [1.29, 1.82) is 0 Å². The number of benzene rings is 1. The minimum atomic E-state index is -0.0169. The highest BCUT2D eigenvalue weighted by Crippen LogP contribution is 2.41. The maximum Gasteiger partial charge on any atom is 0.265 e. The van der Waals surface area contributed by atoms with Crippen LogP contribution in [0.2, 0.25) is 0 Å². The Morgan fingerprint density at radius 1 is 1.08 bits per heavy atom. The van der Waals surface area contributed by atoms with Gasteiger partial charge in [-0.2, -0.15) is 0 Å². The Hall–Kier alpha value is -2.60. The summed E-state index contributed by atoms with van der Waals surface area (Å²) in [4.78, 5) is 20.6. The number of pyridine rings is 1. The zero-order valence-corrected chi connectivity index (χ0v) is 13.4. The van der Waals surface area contributed by atoms with Crippen molar-refractivity contribution >= 4 is 17.3 Å². The van der Waals surface area contributed by atoms with Gasteiger partial charge < -0.3 is 19.9 Å². The molecule has 4 rings (SSSR count). The van der Waals surface area contributed by atoms with Crippen molar-refractivity contribution in [2.45, 2.75) is 6.54 Å². The molecule has 6 heteroatoms. The zero-order chi connectivity index (χ0) is 16.4. The second-order valence-electron chi connectivity index (χ2n) is 5.99. The van der Waals surface area contributed by atoms with Gasteiger partial charge in [-0.1, -0.05) is 6.07 Å². The second-order valence-corrected chi connectivity index (χ2v) is 5.99. The largest absolute Gasteiger partial charge is 0.479 e. The van der Waals surface area contributed by atoms with Crippen LogP contribution in [-0.2, 0) is 11.3 Å². The first kappa shape index (κ1) is 15.0. The van der Waals surface area contributed by atoms with E-state index in [2.05, 4.69) is 21.3 Å². The molecule has 0 atom stereocenters. The lowest BCUT2D eigenvalue weighted by Gasteiger charge is -2.35.